The van der Waals surface area contributed by atoms with Crippen LogP contribution in [0.15, 0.2) is 22.6 Å². The quantitative estimate of drug-likeness (QED) is 0.920. The summed E-state index contributed by atoms with van der Waals surface area (Å²) in [5, 5.41) is 9.00. The molecule has 1 aromatic carbocycles. The van der Waals surface area contributed by atoms with Gasteiger partial charge >= 0.3 is 5.97 Å². The molecule has 0 spiro atoms. The lowest BCUT2D eigenvalue weighted by Crippen LogP contribution is -1.98. The minimum absolute atomic E-state index is 0.104. The second-order valence-electron chi connectivity index (χ2n) is 3.79. The third-order valence-corrected chi connectivity index (χ3v) is 2.43. The van der Waals surface area contributed by atoms with Gasteiger partial charge in [-0.2, -0.15) is 0 Å². The molecule has 0 fully saturated rings. The maximum absolute atomic E-state index is 13.7. The Kier molecular flexibility index (Phi) is 3.50. The van der Waals surface area contributed by atoms with E-state index in [0.29, 0.717) is 12.2 Å². The van der Waals surface area contributed by atoms with Crippen molar-refractivity contribution in [2.45, 2.75) is 13.8 Å². The molecule has 0 saturated heterocycles. The zero-order valence-corrected chi connectivity index (χ0v) is 10.4. The van der Waals surface area contributed by atoms with Crippen molar-refractivity contribution >= 4 is 5.97 Å². The molecule has 0 radical (unpaired) electrons. The molecule has 1 heterocycles. The number of hydrogen-bond donors (Lipinski definition) is 1. The number of oxazole rings is 1. The fourth-order valence-electron chi connectivity index (χ4n) is 1.69. The first-order valence-electron chi connectivity index (χ1n) is 5.66. The first-order chi connectivity index (χ1) is 9.02. The van der Waals surface area contributed by atoms with Gasteiger partial charge in [-0.25, -0.2) is 14.2 Å². The Morgan fingerprint density at radius 2 is 2.26 bits per heavy atom. The predicted molar refractivity (Wildman–Crippen MR) is 64.8 cm³/mol. The van der Waals surface area contributed by atoms with E-state index >= 15 is 0 Å². The number of benzene rings is 1. The van der Waals surface area contributed by atoms with E-state index in [1.807, 2.05) is 0 Å². The van der Waals surface area contributed by atoms with Crippen LogP contribution in [-0.4, -0.2) is 22.7 Å². The number of carbonyl (C=O) groups is 1. The van der Waals surface area contributed by atoms with Crippen LogP contribution >= 0.6 is 0 Å². The van der Waals surface area contributed by atoms with E-state index in [0.717, 1.165) is 0 Å². The lowest BCUT2D eigenvalue weighted by atomic mass is 10.1. The first kappa shape index (κ1) is 13.1. The highest BCUT2D eigenvalue weighted by atomic mass is 19.1. The molecule has 0 bridgehead atoms. The van der Waals surface area contributed by atoms with Crippen LogP contribution in [-0.2, 0) is 0 Å². The molecule has 0 unspecified atom stereocenters. The molecular formula is C13H12FNO4. The Morgan fingerprint density at radius 1 is 1.53 bits per heavy atom. The minimum Gasteiger partial charge on any atom is -0.491 e. The van der Waals surface area contributed by atoms with Gasteiger partial charge in [-0.1, -0.05) is 0 Å². The smallest absolute Gasteiger partial charge is 0.374 e. The highest BCUT2D eigenvalue weighted by molar-refractivity contribution is 5.91. The molecule has 0 saturated carbocycles. The Balaban J connectivity index is 2.48. The van der Waals surface area contributed by atoms with E-state index < -0.39 is 11.8 Å². The summed E-state index contributed by atoms with van der Waals surface area (Å²) in [6.45, 7) is 3.62. The van der Waals surface area contributed by atoms with Gasteiger partial charge in [0.2, 0.25) is 5.76 Å². The third-order valence-electron chi connectivity index (χ3n) is 2.43. The van der Waals surface area contributed by atoms with E-state index in [1.54, 1.807) is 6.92 Å². The number of carboxylic acid groups (broad SMARTS) is 1. The number of rotatable bonds is 4. The van der Waals surface area contributed by atoms with Gasteiger partial charge in [-0.05, 0) is 25.1 Å². The summed E-state index contributed by atoms with van der Waals surface area (Å²) in [7, 11) is 0. The van der Waals surface area contributed by atoms with Gasteiger partial charge in [0.05, 0.1) is 6.61 Å². The number of aromatic nitrogens is 1. The molecule has 19 heavy (non-hydrogen) atoms. The van der Waals surface area contributed by atoms with Crippen LogP contribution in [0.3, 0.4) is 0 Å². The molecular weight excluding hydrogens is 253 g/mol. The normalized spacial score (nSPS) is 10.5. The van der Waals surface area contributed by atoms with Crippen molar-refractivity contribution in [2.75, 3.05) is 6.61 Å². The number of ether oxygens (including phenoxy) is 1. The molecule has 0 atom stereocenters. The minimum atomic E-state index is -1.25. The molecule has 1 aromatic heterocycles. The average molecular weight is 265 g/mol. The Hall–Kier alpha value is -2.37. The van der Waals surface area contributed by atoms with E-state index in [9.17, 15) is 9.18 Å². The number of aromatic carboxylic acids is 1. The predicted octanol–water partition coefficient (Wildman–Crippen LogP) is 2.89. The standard InChI is InChI=1S/C13H12FNO4/c1-3-18-10-5-4-8(6-9(10)14)11-12(13(16)17)19-7(2)15-11/h4-6H,3H2,1-2H3,(H,16,17). The molecule has 2 rings (SSSR count). The van der Waals surface area contributed by atoms with Crippen molar-refractivity contribution in [3.8, 4) is 17.0 Å². The maximum atomic E-state index is 13.7. The molecule has 0 aliphatic rings. The van der Waals surface area contributed by atoms with Gasteiger partial charge in [0.15, 0.2) is 17.5 Å². The van der Waals surface area contributed by atoms with Gasteiger partial charge in [0.25, 0.3) is 0 Å². The summed E-state index contributed by atoms with van der Waals surface area (Å²) in [4.78, 5) is 15.0. The highest BCUT2D eigenvalue weighted by Crippen LogP contribution is 2.28. The van der Waals surface area contributed by atoms with E-state index in [4.69, 9.17) is 14.3 Å². The molecule has 0 amide bonds. The van der Waals surface area contributed by atoms with E-state index in [1.165, 1.54) is 25.1 Å². The first-order valence-corrected chi connectivity index (χ1v) is 5.66. The Labute approximate surface area is 108 Å². The summed E-state index contributed by atoms with van der Waals surface area (Å²) in [5.41, 5.74) is 0.433. The van der Waals surface area contributed by atoms with Crippen LogP contribution < -0.4 is 4.74 Å². The van der Waals surface area contributed by atoms with Gasteiger partial charge in [-0.3, -0.25) is 0 Å². The second-order valence-corrected chi connectivity index (χ2v) is 3.79. The summed E-state index contributed by atoms with van der Waals surface area (Å²) in [6, 6.07) is 4.15. The van der Waals surface area contributed by atoms with Crippen LogP contribution in [0.4, 0.5) is 4.39 Å². The van der Waals surface area contributed by atoms with Gasteiger partial charge < -0.3 is 14.3 Å². The lowest BCUT2D eigenvalue weighted by Gasteiger charge is -2.05. The maximum Gasteiger partial charge on any atom is 0.374 e. The zero-order valence-electron chi connectivity index (χ0n) is 10.4. The van der Waals surface area contributed by atoms with E-state index in [-0.39, 0.29) is 23.1 Å². The second kappa shape index (κ2) is 5.09. The number of halogens is 1. The summed E-state index contributed by atoms with van der Waals surface area (Å²) >= 11 is 0. The Bertz CT molecular complexity index is 621. The summed E-state index contributed by atoms with van der Waals surface area (Å²) in [5.74, 6) is -1.80. The van der Waals surface area contributed by atoms with Crippen LogP contribution in [0.5, 0.6) is 5.75 Å². The topological polar surface area (TPSA) is 72.6 Å². The highest BCUT2D eigenvalue weighted by Gasteiger charge is 2.20. The number of nitrogens with zero attached hydrogens (tertiary/aromatic N) is 1. The third kappa shape index (κ3) is 2.57. The molecule has 5 nitrogen and oxygen atoms in total. The number of aryl methyl sites for hydroxylation is 1. The molecule has 100 valence electrons. The molecule has 1 N–H and O–H groups in total. The van der Waals surface area contributed by atoms with Crippen molar-refractivity contribution in [2.24, 2.45) is 0 Å². The van der Waals surface area contributed by atoms with Crippen LogP contribution in [0.1, 0.15) is 23.4 Å². The molecule has 2 aromatic rings. The summed E-state index contributed by atoms with van der Waals surface area (Å²) < 4.78 is 23.8. The fourth-order valence-corrected chi connectivity index (χ4v) is 1.69. The van der Waals surface area contributed by atoms with Crippen LogP contribution in [0, 0.1) is 12.7 Å². The number of carboxylic acids is 1. The summed E-state index contributed by atoms with van der Waals surface area (Å²) in [6.07, 6.45) is 0. The lowest BCUT2D eigenvalue weighted by molar-refractivity contribution is 0.0662. The molecule has 0 aliphatic carbocycles. The molecule has 6 heteroatoms. The van der Waals surface area contributed by atoms with Crippen molar-refractivity contribution in [1.29, 1.82) is 0 Å². The van der Waals surface area contributed by atoms with Crippen LogP contribution in [0.25, 0.3) is 11.3 Å². The average Bonchev–Trinajstić information content (AvgIpc) is 2.74. The van der Waals surface area contributed by atoms with Crippen molar-refractivity contribution in [3.63, 3.8) is 0 Å². The molecule has 0 aliphatic heterocycles. The van der Waals surface area contributed by atoms with Gasteiger partial charge in [-0.15, -0.1) is 0 Å². The van der Waals surface area contributed by atoms with Crippen LogP contribution in [0.2, 0.25) is 0 Å². The van der Waals surface area contributed by atoms with E-state index in [2.05, 4.69) is 4.98 Å². The van der Waals surface area contributed by atoms with Crippen molar-refractivity contribution < 1.29 is 23.4 Å². The number of hydrogen-bond acceptors (Lipinski definition) is 4. The fraction of sp³-hybridized carbons (Fsp3) is 0.231. The van der Waals surface area contributed by atoms with Crippen molar-refractivity contribution in [1.82, 2.24) is 4.98 Å². The largest absolute Gasteiger partial charge is 0.491 e. The SMILES string of the molecule is CCOc1ccc(-c2nc(C)oc2C(=O)O)cc1F. The van der Waals surface area contributed by atoms with Gasteiger partial charge in [0.1, 0.15) is 5.69 Å². The van der Waals surface area contributed by atoms with Gasteiger partial charge in [0, 0.05) is 12.5 Å². The Morgan fingerprint density at radius 3 is 2.84 bits per heavy atom. The monoisotopic (exact) mass is 265 g/mol. The zero-order chi connectivity index (χ0) is 14.0. The van der Waals surface area contributed by atoms with Crippen molar-refractivity contribution in [3.05, 3.63) is 35.7 Å².